The maximum absolute atomic E-state index is 12.9. The number of anilines is 3. The number of hydrogen-bond donors (Lipinski definition) is 2. The maximum Gasteiger partial charge on any atom is 0.255 e. The molecule has 2 aromatic carbocycles. The smallest absolute Gasteiger partial charge is 0.255 e. The summed E-state index contributed by atoms with van der Waals surface area (Å²) in [4.78, 5) is 32.8. The Hall–Kier alpha value is -3.82. The lowest BCUT2D eigenvalue weighted by molar-refractivity contribution is 0.102. The number of aryl methyl sites for hydroxylation is 1. The topological polar surface area (TPSA) is 95.4 Å². The van der Waals surface area contributed by atoms with Crippen LogP contribution in [0.25, 0.3) is 10.7 Å². The van der Waals surface area contributed by atoms with Gasteiger partial charge in [0.2, 0.25) is 5.95 Å². The van der Waals surface area contributed by atoms with E-state index >= 15 is 0 Å². The molecule has 0 bridgehead atoms. The molecule has 1 fully saturated rings. The predicted molar refractivity (Wildman–Crippen MR) is 155 cm³/mol. The van der Waals surface area contributed by atoms with Gasteiger partial charge in [-0.05, 0) is 73.4 Å². The van der Waals surface area contributed by atoms with E-state index in [1.807, 2.05) is 60.8 Å². The molecule has 10 heteroatoms. The Morgan fingerprint density at radius 3 is 2.68 bits per heavy atom. The zero-order valence-electron chi connectivity index (χ0n) is 20.9. The van der Waals surface area contributed by atoms with Crippen LogP contribution in [0.1, 0.15) is 34.3 Å². The molecule has 0 radical (unpaired) electrons. The highest BCUT2D eigenvalue weighted by Gasteiger charge is 2.18. The molecule has 3 heterocycles. The molecule has 1 aliphatic heterocycles. The normalized spacial score (nSPS) is 14.0. The van der Waals surface area contributed by atoms with Gasteiger partial charge in [-0.15, -0.1) is 11.3 Å². The molecule has 2 aromatic heterocycles. The van der Waals surface area contributed by atoms with Gasteiger partial charge in [-0.2, -0.15) is 0 Å². The second kappa shape index (κ2) is 12.1. The molecular weight excluding hydrogens is 514 g/mol. The highest BCUT2D eigenvalue weighted by Crippen LogP contribution is 2.25. The lowest BCUT2D eigenvalue weighted by Gasteiger charge is -2.29. The van der Waals surface area contributed by atoms with Gasteiger partial charge in [-0.3, -0.25) is 9.69 Å². The van der Waals surface area contributed by atoms with Crippen molar-refractivity contribution in [2.24, 2.45) is 4.99 Å². The molecule has 4 aromatic rings. The molecule has 192 valence electrons. The fourth-order valence-corrected chi connectivity index (χ4v) is 5.10. The number of thiocarbonyl (C=S) groups is 1. The predicted octanol–water partition coefficient (Wildman–Crippen LogP) is 5.97. The van der Waals surface area contributed by atoms with Crippen LogP contribution >= 0.6 is 23.6 Å². The summed E-state index contributed by atoms with van der Waals surface area (Å²) < 4.78 is 0. The Bertz CT molecular complexity index is 1440. The van der Waals surface area contributed by atoms with Crippen LogP contribution in [0.2, 0.25) is 0 Å². The molecule has 1 amide bonds. The average molecular weight is 542 g/mol. The van der Waals surface area contributed by atoms with E-state index in [0.29, 0.717) is 23.2 Å². The largest absolute Gasteiger partial charge is 0.324 e. The van der Waals surface area contributed by atoms with Gasteiger partial charge in [0, 0.05) is 54.3 Å². The number of rotatable bonds is 8. The van der Waals surface area contributed by atoms with Crippen LogP contribution in [-0.2, 0) is 6.54 Å². The number of carbonyl (C=O) groups is 1. The number of nitrogens with one attached hydrogen (secondary N) is 2. The third kappa shape index (κ3) is 6.54. The van der Waals surface area contributed by atoms with Crippen molar-refractivity contribution in [3.63, 3.8) is 0 Å². The molecule has 38 heavy (non-hydrogen) atoms. The molecular formula is C28H27N7OS2. The first-order valence-corrected chi connectivity index (χ1v) is 13.7. The molecule has 8 nitrogen and oxygen atoms in total. The first-order chi connectivity index (χ1) is 18.6. The summed E-state index contributed by atoms with van der Waals surface area (Å²) in [7, 11) is 0. The number of amides is 1. The van der Waals surface area contributed by atoms with Crippen molar-refractivity contribution in [2.45, 2.75) is 32.4 Å². The van der Waals surface area contributed by atoms with Crippen molar-refractivity contribution in [1.82, 2.24) is 19.9 Å². The number of piperidine rings is 1. The minimum Gasteiger partial charge on any atom is -0.324 e. The van der Waals surface area contributed by atoms with Gasteiger partial charge in [0.1, 0.15) is 10.7 Å². The van der Waals surface area contributed by atoms with Crippen molar-refractivity contribution in [1.29, 1.82) is 0 Å². The van der Waals surface area contributed by atoms with E-state index in [1.54, 1.807) is 12.4 Å². The lowest BCUT2D eigenvalue weighted by atomic mass is 10.0. The van der Waals surface area contributed by atoms with Crippen molar-refractivity contribution >= 4 is 51.9 Å². The van der Waals surface area contributed by atoms with E-state index < -0.39 is 0 Å². The fraction of sp³-hybridized carbons (Fsp3) is 0.250. The lowest BCUT2D eigenvalue weighted by Crippen LogP contribution is -2.34. The van der Waals surface area contributed by atoms with Crippen molar-refractivity contribution in [3.8, 4) is 10.7 Å². The summed E-state index contributed by atoms with van der Waals surface area (Å²) >= 11 is 6.25. The number of aromatic nitrogens is 3. The van der Waals surface area contributed by atoms with Gasteiger partial charge in [0.15, 0.2) is 0 Å². The number of likely N-dealkylation sites (tertiary alicyclic amines) is 1. The summed E-state index contributed by atoms with van der Waals surface area (Å²) in [5.41, 5.74) is 5.05. The Labute approximate surface area is 230 Å². The first-order valence-electron chi connectivity index (χ1n) is 12.4. The van der Waals surface area contributed by atoms with E-state index in [4.69, 9.17) is 12.2 Å². The Kier molecular flexibility index (Phi) is 8.25. The molecule has 1 saturated heterocycles. The molecule has 0 unspecified atom stereocenters. The third-order valence-corrected chi connectivity index (χ3v) is 7.36. The highest BCUT2D eigenvalue weighted by molar-refractivity contribution is 7.78. The highest BCUT2D eigenvalue weighted by atomic mass is 32.1. The number of carbonyl (C=O) groups excluding carboxylic acids is 1. The number of hydrogen-bond acceptors (Lipinski definition) is 9. The maximum atomic E-state index is 12.9. The van der Waals surface area contributed by atoms with Gasteiger partial charge in [0.25, 0.3) is 5.91 Å². The second-order valence-electron chi connectivity index (χ2n) is 9.14. The van der Waals surface area contributed by atoms with Crippen molar-refractivity contribution < 1.29 is 4.79 Å². The van der Waals surface area contributed by atoms with Crippen LogP contribution in [0.4, 0.5) is 17.3 Å². The van der Waals surface area contributed by atoms with Gasteiger partial charge in [-0.1, -0.05) is 18.2 Å². The molecule has 0 spiro atoms. The molecule has 1 aliphatic rings. The summed E-state index contributed by atoms with van der Waals surface area (Å²) in [5, 5.41) is 11.5. The van der Waals surface area contributed by atoms with Gasteiger partial charge in [0.05, 0.1) is 11.2 Å². The SMILES string of the molecule is Cc1ccc(NC(=O)c2ccc(CN3CCC(N=C=S)CC3)cc2)cc1Nc1nccc(-c2nccs2)n1. The molecule has 0 saturated carbocycles. The van der Waals surface area contributed by atoms with E-state index in [9.17, 15) is 4.79 Å². The monoisotopic (exact) mass is 541 g/mol. The molecule has 0 aliphatic carbocycles. The summed E-state index contributed by atoms with van der Waals surface area (Å²) in [6, 6.07) is 15.6. The number of aliphatic imine (C=N–C) groups is 1. The first kappa shape index (κ1) is 25.8. The summed E-state index contributed by atoms with van der Waals surface area (Å²) in [6.07, 6.45) is 5.46. The minimum absolute atomic E-state index is 0.160. The van der Waals surface area contributed by atoms with Crippen LogP contribution in [0.5, 0.6) is 0 Å². The van der Waals surface area contributed by atoms with Crippen LogP contribution in [0.15, 0.2) is 71.3 Å². The third-order valence-electron chi connectivity index (χ3n) is 6.46. The van der Waals surface area contributed by atoms with E-state index in [2.05, 4.69) is 40.6 Å². The zero-order chi connectivity index (χ0) is 26.3. The van der Waals surface area contributed by atoms with Gasteiger partial charge < -0.3 is 10.6 Å². The van der Waals surface area contributed by atoms with Crippen LogP contribution in [0.3, 0.4) is 0 Å². The summed E-state index contributed by atoms with van der Waals surface area (Å²) in [6.45, 7) is 4.81. The second-order valence-corrected chi connectivity index (χ2v) is 10.2. The molecule has 2 N–H and O–H groups in total. The van der Waals surface area contributed by atoms with Gasteiger partial charge >= 0.3 is 0 Å². The van der Waals surface area contributed by atoms with E-state index in [-0.39, 0.29) is 5.91 Å². The van der Waals surface area contributed by atoms with Crippen LogP contribution in [0, 0.1) is 6.92 Å². The Morgan fingerprint density at radius 1 is 1.13 bits per heavy atom. The number of benzene rings is 2. The number of nitrogens with zero attached hydrogens (tertiary/aromatic N) is 5. The summed E-state index contributed by atoms with van der Waals surface area (Å²) in [5.74, 6) is 0.308. The van der Waals surface area contributed by atoms with E-state index in [0.717, 1.165) is 54.4 Å². The molecule has 0 atom stereocenters. The van der Waals surface area contributed by atoms with Crippen LogP contribution in [-0.4, -0.2) is 50.1 Å². The molecule has 5 rings (SSSR count). The minimum atomic E-state index is -0.160. The van der Waals surface area contributed by atoms with Crippen LogP contribution < -0.4 is 10.6 Å². The average Bonchev–Trinajstić information content (AvgIpc) is 3.48. The number of isothiocyanates is 1. The van der Waals surface area contributed by atoms with Crippen molar-refractivity contribution in [3.05, 3.63) is 83.0 Å². The van der Waals surface area contributed by atoms with Gasteiger partial charge in [-0.25, -0.2) is 19.9 Å². The zero-order valence-corrected chi connectivity index (χ0v) is 22.6. The van der Waals surface area contributed by atoms with E-state index in [1.165, 1.54) is 16.9 Å². The number of thiazole rings is 1. The Balaban J connectivity index is 1.20. The van der Waals surface area contributed by atoms with Crippen molar-refractivity contribution in [2.75, 3.05) is 23.7 Å². The quantitative estimate of drug-likeness (QED) is 0.210. The fourth-order valence-electron chi connectivity index (χ4n) is 4.35. The Morgan fingerprint density at radius 2 is 1.95 bits per heavy atom. The standard InChI is InChI=1S/C28H27N7OS2/c1-19-2-7-23(16-25(19)34-28-30-11-8-24(33-28)27-29-12-15-38-27)32-26(36)21-5-3-20(4-6-21)17-35-13-9-22(10-14-35)31-18-37/h2-8,11-12,15-16,22H,9-10,13-14,17H2,1H3,(H,32,36)(H,30,33,34).